The monoisotopic (exact) mass is 476 g/mol. The normalized spacial score (nSPS) is 11.4. The highest BCUT2D eigenvalue weighted by atomic mass is 16.6. The van der Waals surface area contributed by atoms with Gasteiger partial charge in [-0.25, -0.2) is 9.59 Å². The molecule has 4 nitrogen and oxygen atoms in total. The lowest BCUT2D eigenvalue weighted by Crippen LogP contribution is -2.11. The molecule has 0 N–H and O–H groups in total. The van der Waals surface area contributed by atoms with Crippen LogP contribution < -0.4 is 0 Å². The Morgan fingerprint density at radius 2 is 0.722 bits per heavy atom. The maximum absolute atomic E-state index is 13.3. The third-order valence-electron chi connectivity index (χ3n) is 5.66. The quantitative estimate of drug-likeness (QED) is 0.165. The van der Waals surface area contributed by atoms with Crippen LogP contribution in [0.2, 0.25) is 0 Å². The van der Waals surface area contributed by atoms with Gasteiger partial charge < -0.3 is 9.47 Å². The predicted molar refractivity (Wildman–Crippen MR) is 142 cm³/mol. The molecular weight excluding hydrogens is 448 g/mol. The summed E-state index contributed by atoms with van der Waals surface area (Å²) in [7, 11) is 0. The van der Waals surface area contributed by atoms with E-state index in [1.165, 1.54) is 0 Å². The SMILES string of the molecule is Cc1cccc(C(=O)O/C(=C(\OC(=O)c2cccc(C)c2)c2cccc(C)c2)c2cccc(C)c2)c1. The van der Waals surface area contributed by atoms with Gasteiger partial charge in [0.05, 0.1) is 11.1 Å². The zero-order valence-electron chi connectivity index (χ0n) is 20.9. The van der Waals surface area contributed by atoms with Crippen molar-refractivity contribution in [3.8, 4) is 0 Å². The Morgan fingerprint density at radius 1 is 0.444 bits per heavy atom. The van der Waals surface area contributed by atoms with Gasteiger partial charge in [0.2, 0.25) is 0 Å². The van der Waals surface area contributed by atoms with E-state index in [-0.39, 0.29) is 11.5 Å². The average Bonchev–Trinajstić information content (AvgIpc) is 2.86. The molecule has 0 fully saturated rings. The van der Waals surface area contributed by atoms with Crippen molar-refractivity contribution >= 4 is 23.5 Å². The molecular formula is C32H28O4. The van der Waals surface area contributed by atoms with Gasteiger partial charge in [0.25, 0.3) is 0 Å². The highest BCUT2D eigenvalue weighted by Gasteiger charge is 2.23. The van der Waals surface area contributed by atoms with Crippen molar-refractivity contribution < 1.29 is 19.1 Å². The molecule has 4 heteroatoms. The van der Waals surface area contributed by atoms with Gasteiger partial charge in [-0.1, -0.05) is 82.9 Å². The molecule has 0 saturated heterocycles. The maximum atomic E-state index is 13.3. The van der Waals surface area contributed by atoms with Crippen LogP contribution in [-0.2, 0) is 9.47 Å². The van der Waals surface area contributed by atoms with Gasteiger partial charge in [0.1, 0.15) is 0 Å². The van der Waals surface area contributed by atoms with Crippen LogP contribution in [0.5, 0.6) is 0 Å². The predicted octanol–water partition coefficient (Wildman–Crippen LogP) is 7.46. The van der Waals surface area contributed by atoms with E-state index >= 15 is 0 Å². The van der Waals surface area contributed by atoms with Crippen molar-refractivity contribution in [1.82, 2.24) is 0 Å². The van der Waals surface area contributed by atoms with Crippen LogP contribution in [0.3, 0.4) is 0 Å². The van der Waals surface area contributed by atoms with E-state index in [1.807, 2.05) is 88.4 Å². The molecule has 36 heavy (non-hydrogen) atoms. The molecule has 0 bridgehead atoms. The van der Waals surface area contributed by atoms with Crippen molar-refractivity contribution in [3.05, 3.63) is 142 Å². The molecule has 0 heterocycles. The van der Waals surface area contributed by atoms with Crippen LogP contribution >= 0.6 is 0 Å². The first-order valence-corrected chi connectivity index (χ1v) is 11.8. The summed E-state index contributed by atoms with van der Waals surface area (Å²) in [5.41, 5.74) is 5.91. The van der Waals surface area contributed by atoms with Crippen LogP contribution in [0.4, 0.5) is 0 Å². The molecule has 0 atom stereocenters. The Kier molecular flexibility index (Phi) is 7.45. The second-order valence-electron chi connectivity index (χ2n) is 8.92. The van der Waals surface area contributed by atoms with Crippen molar-refractivity contribution in [2.75, 3.05) is 0 Å². The van der Waals surface area contributed by atoms with Gasteiger partial charge in [-0.05, 0) is 64.1 Å². The molecule has 0 aliphatic carbocycles. The lowest BCUT2D eigenvalue weighted by molar-refractivity contribution is 0.0646. The number of carbonyl (C=O) groups excluding carboxylic acids is 2. The first kappa shape index (κ1) is 24.7. The Bertz CT molecular complexity index is 1350. The number of aryl methyl sites for hydroxylation is 4. The summed E-state index contributed by atoms with van der Waals surface area (Å²) in [4.78, 5) is 26.5. The molecule has 0 radical (unpaired) electrons. The number of hydrogen-bond donors (Lipinski definition) is 0. The van der Waals surface area contributed by atoms with Gasteiger partial charge in [-0.15, -0.1) is 0 Å². The third-order valence-corrected chi connectivity index (χ3v) is 5.66. The minimum Gasteiger partial charge on any atom is -0.418 e. The minimum atomic E-state index is -0.535. The molecule has 0 saturated carbocycles. The highest BCUT2D eigenvalue weighted by Crippen LogP contribution is 2.31. The number of benzene rings is 4. The molecule has 4 aromatic rings. The Morgan fingerprint density at radius 3 is 1.03 bits per heavy atom. The number of carbonyl (C=O) groups is 2. The number of ether oxygens (including phenoxy) is 2. The summed E-state index contributed by atoms with van der Waals surface area (Å²) in [6.07, 6.45) is 0. The third kappa shape index (κ3) is 5.97. The smallest absolute Gasteiger partial charge is 0.343 e. The van der Waals surface area contributed by atoms with Gasteiger partial charge in [-0.2, -0.15) is 0 Å². The van der Waals surface area contributed by atoms with Crippen molar-refractivity contribution in [1.29, 1.82) is 0 Å². The van der Waals surface area contributed by atoms with Crippen molar-refractivity contribution in [2.24, 2.45) is 0 Å². The largest absolute Gasteiger partial charge is 0.418 e. The van der Waals surface area contributed by atoms with Gasteiger partial charge in [0, 0.05) is 11.1 Å². The maximum Gasteiger partial charge on any atom is 0.343 e. The summed E-state index contributed by atoms with van der Waals surface area (Å²) in [6.45, 7) is 7.73. The number of rotatable bonds is 6. The lowest BCUT2D eigenvalue weighted by atomic mass is 10.0. The summed E-state index contributed by atoms with van der Waals surface area (Å²) in [5.74, 6) is -0.715. The first-order chi connectivity index (χ1) is 17.3. The minimum absolute atomic E-state index is 0.178. The zero-order valence-corrected chi connectivity index (χ0v) is 20.9. The van der Waals surface area contributed by atoms with Gasteiger partial charge in [-0.3, -0.25) is 0 Å². The topological polar surface area (TPSA) is 52.6 Å². The fourth-order valence-electron chi connectivity index (χ4n) is 3.89. The summed E-state index contributed by atoms with van der Waals surface area (Å²) in [5, 5.41) is 0. The average molecular weight is 477 g/mol. The van der Waals surface area contributed by atoms with Crippen LogP contribution in [0.25, 0.3) is 11.5 Å². The highest BCUT2D eigenvalue weighted by molar-refractivity contribution is 6.00. The van der Waals surface area contributed by atoms with E-state index in [1.54, 1.807) is 36.4 Å². The van der Waals surface area contributed by atoms with E-state index in [4.69, 9.17) is 9.47 Å². The van der Waals surface area contributed by atoms with E-state index in [9.17, 15) is 9.59 Å². The standard InChI is InChI=1S/C32H28O4/c1-21-9-5-13-25(17-21)29(35-31(33)27-15-7-11-23(3)19-27)30(26-14-6-10-22(2)18-26)36-32(34)28-16-8-12-24(4)20-28/h5-20H,1-4H3/b30-29-. The molecule has 4 aromatic carbocycles. The van der Waals surface area contributed by atoms with E-state index in [2.05, 4.69) is 0 Å². The summed E-state index contributed by atoms with van der Waals surface area (Å²) in [6, 6.07) is 29.5. The summed E-state index contributed by atoms with van der Waals surface area (Å²) >= 11 is 0. The van der Waals surface area contributed by atoms with Crippen molar-refractivity contribution in [2.45, 2.75) is 27.7 Å². The second-order valence-corrected chi connectivity index (χ2v) is 8.92. The summed E-state index contributed by atoms with van der Waals surface area (Å²) < 4.78 is 12.0. The second kappa shape index (κ2) is 10.9. The van der Waals surface area contributed by atoms with Gasteiger partial charge >= 0.3 is 11.9 Å². The van der Waals surface area contributed by atoms with Crippen LogP contribution in [-0.4, -0.2) is 11.9 Å². The molecule has 0 spiro atoms. The number of esters is 2. The van der Waals surface area contributed by atoms with Crippen LogP contribution in [0, 0.1) is 27.7 Å². The molecule has 180 valence electrons. The van der Waals surface area contributed by atoms with E-state index < -0.39 is 11.9 Å². The fraction of sp³-hybridized carbons (Fsp3) is 0.125. The number of hydrogen-bond acceptors (Lipinski definition) is 4. The molecule has 0 amide bonds. The van der Waals surface area contributed by atoms with Crippen LogP contribution in [0.15, 0.2) is 97.1 Å². The fourth-order valence-corrected chi connectivity index (χ4v) is 3.89. The lowest BCUT2D eigenvalue weighted by Gasteiger charge is -2.17. The Labute approximate surface area is 211 Å². The van der Waals surface area contributed by atoms with E-state index in [0.29, 0.717) is 22.3 Å². The molecule has 0 aliphatic rings. The Hall–Kier alpha value is -4.44. The Balaban J connectivity index is 1.89. The van der Waals surface area contributed by atoms with Gasteiger partial charge in [0.15, 0.2) is 11.5 Å². The van der Waals surface area contributed by atoms with Crippen molar-refractivity contribution in [3.63, 3.8) is 0 Å². The first-order valence-electron chi connectivity index (χ1n) is 11.8. The molecule has 0 aromatic heterocycles. The molecule has 0 aliphatic heterocycles. The van der Waals surface area contributed by atoms with Crippen LogP contribution in [0.1, 0.15) is 54.1 Å². The van der Waals surface area contributed by atoms with E-state index in [0.717, 1.165) is 22.3 Å². The molecule has 4 rings (SSSR count). The molecule has 0 unspecified atom stereocenters. The zero-order chi connectivity index (χ0) is 25.7.